The molecule has 2 N–H and O–H groups in total. The maximum Gasteiger partial charge on any atom is 0.0823 e. The number of benzene rings is 3. The van der Waals surface area contributed by atoms with Crippen LogP contribution in [0.25, 0.3) is 0 Å². The molecule has 0 aromatic heterocycles. The lowest BCUT2D eigenvalue weighted by Gasteiger charge is -2.31. The first-order valence-electron chi connectivity index (χ1n) is 11.4. The fourth-order valence-electron chi connectivity index (χ4n) is 3.86. The van der Waals surface area contributed by atoms with Crippen LogP contribution in [-0.2, 0) is 19.5 Å². The highest BCUT2D eigenvalue weighted by molar-refractivity contribution is 5.18. The zero-order valence-corrected chi connectivity index (χ0v) is 18.8. The second-order valence-electron chi connectivity index (χ2n) is 8.81. The van der Waals surface area contributed by atoms with Crippen molar-refractivity contribution >= 4 is 0 Å². The summed E-state index contributed by atoms with van der Waals surface area (Å²) in [5.41, 5.74) is 3.78. The van der Waals surface area contributed by atoms with Crippen molar-refractivity contribution in [1.29, 1.82) is 0 Å². The summed E-state index contributed by atoms with van der Waals surface area (Å²) in [5, 5.41) is 14.9. The van der Waals surface area contributed by atoms with Gasteiger partial charge in [0.15, 0.2) is 0 Å². The van der Waals surface area contributed by atoms with Crippen LogP contribution in [0.3, 0.4) is 0 Å². The molecule has 0 aliphatic carbocycles. The molecule has 3 aromatic rings. The van der Waals surface area contributed by atoms with Crippen molar-refractivity contribution in [2.75, 3.05) is 13.1 Å². The summed E-state index contributed by atoms with van der Waals surface area (Å²) in [6.45, 7) is 7.55. The van der Waals surface area contributed by atoms with E-state index in [1.807, 2.05) is 18.2 Å². The first kappa shape index (κ1) is 23.2. The molecular weight excluding hydrogens is 380 g/mol. The largest absolute Gasteiger partial charge is 0.390 e. The summed E-state index contributed by atoms with van der Waals surface area (Å²) < 4.78 is 0. The topological polar surface area (TPSA) is 35.5 Å². The lowest BCUT2D eigenvalue weighted by molar-refractivity contribution is 0.0716. The van der Waals surface area contributed by atoms with Gasteiger partial charge >= 0.3 is 0 Å². The van der Waals surface area contributed by atoms with E-state index in [0.717, 1.165) is 26.1 Å². The van der Waals surface area contributed by atoms with E-state index in [1.54, 1.807) is 0 Å². The van der Waals surface area contributed by atoms with Gasteiger partial charge in [-0.05, 0) is 35.6 Å². The van der Waals surface area contributed by atoms with Crippen LogP contribution < -0.4 is 5.32 Å². The van der Waals surface area contributed by atoms with E-state index < -0.39 is 6.10 Å². The summed E-state index contributed by atoms with van der Waals surface area (Å²) in [7, 11) is 0. The predicted octanol–water partition coefficient (Wildman–Crippen LogP) is 4.91. The van der Waals surface area contributed by atoms with Gasteiger partial charge in [0.2, 0.25) is 0 Å². The quantitative estimate of drug-likeness (QED) is 0.440. The summed E-state index contributed by atoms with van der Waals surface area (Å²) in [4.78, 5) is 2.35. The third-order valence-electron chi connectivity index (χ3n) is 5.49. The molecule has 3 nitrogen and oxygen atoms in total. The predicted molar refractivity (Wildman–Crippen MR) is 130 cm³/mol. The van der Waals surface area contributed by atoms with Crippen LogP contribution in [0.1, 0.15) is 30.5 Å². The Kier molecular flexibility index (Phi) is 9.29. The Morgan fingerprint density at radius 2 is 1.16 bits per heavy atom. The number of aliphatic hydroxyl groups excluding tert-OH is 1. The van der Waals surface area contributed by atoms with Gasteiger partial charge < -0.3 is 10.4 Å². The fraction of sp³-hybridized carbons (Fsp3) is 0.357. The molecule has 0 fully saturated rings. The molecule has 0 radical (unpaired) electrons. The molecule has 2 atom stereocenters. The van der Waals surface area contributed by atoms with E-state index in [4.69, 9.17) is 0 Å². The molecule has 3 aromatic carbocycles. The molecule has 0 unspecified atom stereocenters. The lowest BCUT2D eigenvalue weighted by Crippen LogP contribution is -2.48. The Morgan fingerprint density at radius 1 is 0.710 bits per heavy atom. The second kappa shape index (κ2) is 12.4. The molecular formula is C28H36N2O. The zero-order valence-electron chi connectivity index (χ0n) is 18.8. The van der Waals surface area contributed by atoms with Crippen molar-refractivity contribution in [3.63, 3.8) is 0 Å². The molecule has 0 aliphatic heterocycles. The van der Waals surface area contributed by atoms with Crippen LogP contribution in [0.2, 0.25) is 0 Å². The van der Waals surface area contributed by atoms with Gasteiger partial charge in [0.05, 0.1) is 6.10 Å². The Labute approximate surface area is 187 Å². The molecule has 0 heterocycles. The maximum atomic E-state index is 11.3. The van der Waals surface area contributed by atoms with Gasteiger partial charge in [0.1, 0.15) is 0 Å². The van der Waals surface area contributed by atoms with Gasteiger partial charge in [-0.3, -0.25) is 4.90 Å². The average Bonchev–Trinajstić information content (AvgIpc) is 2.78. The van der Waals surface area contributed by atoms with Gasteiger partial charge in [-0.1, -0.05) is 105 Å². The second-order valence-corrected chi connectivity index (χ2v) is 8.81. The van der Waals surface area contributed by atoms with Gasteiger partial charge in [-0.25, -0.2) is 0 Å². The van der Waals surface area contributed by atoms with Gasteiger partial charge in [-0.2, -0.15) is 0 Å². The molecule has 0 bridgehead atoms. The molecule has 0 aliphatic rings. The minimum atomic E-state index is -0.466. The van der Waals surface area contributed by atoms with Gasteiger partial charge in [0.25, 0.3) is 0 Å². The highest BCUT2D eigenvalue weighted by atomic mass is 16.3. The molecule has 3 heteroatoms. The van der Waals surface area contributed by atoms with Crippen LogP contribution in [0, 0.1) is 5.92 Å². The average molecular weight is 417 g/mol. The molecule has 31 heavy (non-hydrogen) atoms. The summed E-state index contributed by atoms with van der Waals surface area (Å²) in [5.74, 6) is 0.537. The molecule has 164 valence electrons. The number of aliphatic hydroxyl groups is 1. The summed E-state index contributed by atoms with van der Waals surface area (Å²) in [6, 6.07) is 31.5. The molecule has 3 rings (SSSR count). The monoisotopic (exact) mass is 416 g/mol. The minimum absolute atomic E-state index is 0.0128. The standard InChI is InChI=1S/C28H36N2O/c1-23(2)19-29-27(18-24-12-6-3-7-13-24)28(31)22-30(20-25-14-8-4-9-15-25)21-26-16-10-5-11-17-26/h3-17,23,27-29,31H,18-22H2,1-2H3/t27-,28+/m0/s1. The van der Waals surface area contributed by atoms with Crippen LogP contribution in [-0.4, -0.2) is 35.2 Å². The highest BCUT2D eigenvalue weighted by Crippen LogP contribution is 2.14. The Balaban J connectivity index is 1.73. The van der Waals surface area contributed by atoms with E-state index in [9.17, 15) is 5.11 Å². The number of hydrogen-bond acceptors (Lipinski definition) is 3. The third kappa shape index (κ3) is 8.29. The number of rotatable bonds is 12. The smallest absolute Gasteiger partial charge is 0.0823 e. The Morgan fingerprint density at radius 3 is 1.61 bits per heavy atom. The molecule has 0 saturated heterocycles. The molecule has 0 saturated carbocycles. The highest BCUT2D eigenvalue weighted by Gasteiger charge is 2.22. The Hall–Kier alpha value is -2.46. The van der Waals surface area contributed by atoms with Crippen molar-refractivity contribution in [3.05, 3.63) is 108 Å². The number of nitrogens with zero attached hydrogens (tertiary/aromatic N) is 1. The first-order chi connectivity index (χ1) is 15.1. The molecule has 0 spiro atoms. The fourth-order valence-corrected chi connectivity index (χ4v) is 3.86. The van der Waals surface area contributed by atoms with E-state index in [2.05, 4.69) is 96.9 Å². The number of hydrogen-bond donors (Lipinski definition) is 2. The summed E-state index contributed by atoms with van der Waals surface area (Å²) in [6.07, 6.45) is 0.352. The van der Waals surface area contributed by atoms with Gasteiger partial charge in [0, 0.05) is 25.7 Å². The SMILES string of the molecule is CC(C)CN[C@@H](Cc1ccccc1)[C@H](O)CN(Cc1ccccc1)Cc1ccccc1. The van der Waals surface area contributed by atoms with Crippen molar-refractivity contribution in [2.45, 2.75) is 45.5 Å². The first-order valence-corrected chi connectivity index (χ1v) is 11.4. The van der Waals surface area contributed by atoms with E-state index >= 15 is 0 Å². The van der Waals surface area contributed by atoms with Crippen LogP contribution in [0.5, 0.6) is 0 Å². The maximum absolute atomic E-state index is 11.3. The lowest BCUT2D eigenvalue weighted by atomic mass is 9.99. The zero-order chi connectivity index (χ0) is 21.9. The van der Waals surface area contributed by atoms with Crippen molar-refractivity contribution in [2.24, 2.45) is 5.92 Å². The molecule has 0 amide bonds. The van der Waals surface area contributed by atoms with Crippen molar-refractivity contribution in [3.8, 4) is 0 Å². The van der Waals surface area contributed by atoms with Crippen molar-refractivity contribution < 1.29 is 5.11 Å². The van der Waals surface area contributed by atoms with Gasteiger partial charge in [-0.15, -0.1) is 0 Å². The summed E-state index contributed by atoms with van der Waals surface area (Å²) >= 11 is 0. The van der Waals surface area contributed by atoms with Crippen molar-refractivity contribution in [1.82, 2.24) is 10.2 Å². The normalized spacial score (nSPS) is 13.5. The van der Waals surface area contributed by atoms with E-state index in [1.165, 1.54) is 16.7 Å². The minimum Gasteiger partial charge on any atom is -0.390 e. The van der Waals surface area contributed by atoms with Crippen LogP contribution >= 0.6 is 0 Å². The number of nitrogens with one attached hydrogen (secondary N) is 1. The van der Waals surface area contributed by atoms with E-state index in [0.29, 0.717) is 12.5 Å². The Bertz CT molecular complexity index is 810. The third-order valence-corrected chi connectivity index (χ3v) is 5.49. The van der Waals surface area contributed by atoms with E-state index in [-0.39, 0.29) is 6.04 Å². The van der Waals surface area contributed by atoms with Crippen LogP contribution in [0.15, 0.2) is 91.0 Å². The van der Waals surface area contributed by atoms with Crippen LogP contribution in [0.4, 0.5) is 0 Å².